The number of anilines is 2. The lowest BCUT2D eigenvalue weighted by Crippen LogP contribution is -2.42. The Balaban J connectivity index is 1.55. The van der Waals surface area contributed by atoms with Gasteiger partial charge in [-0.3, -0.25) is 9.36 Å². The van der Waals surface area contributed by atoms with Gasteiger partial charge in [0.2, 0.25) is 5.95 Å². The van der Waals surface area contributed by atoms with Gasteiger partial charge in [0.05, 0.1) is 12.2 Å². The van der Waals surface area contributed by atoms with Crippen molar-refractivity contribution in [3.63, 3.8) is 0 Å². The van der Waals surface area contributed by atoms with Crippen LogP contribution in [-0.4, -0.2) is 34.1 Å². The molecule has 0 bridgehead atoms. The molecule has 2 amide bonds. The first-order valence-corrected chi connectivity index (χ1v) is 8.88. The summed E-state index contributed by atoms with van der Waals surface area (Å²) in [5, 5.41) is 8.07. The number of aromatic nitrogens is 2. The van der Waals surface area contributed by atoms with E-state index < -0.39 is 0 Å². The zero-order valence-electron chi connectivity index (χ0n) is 15.3. The smallest absolute Gasteiger partial charge is 0.322 e. The second-order valence-electron chi connectivity index (χ2n) is 6.64. The van der Waals surface area contributed by atoms with E-state index in [4.69, 9.17) is 0 Å². The molecule has 2 aromatic carbocycles. The topological polar surface area (TPSA) is 79.3 Å². The van der Waals surface area contributed by atoms with E-state index in [2.05, 4.69) is 15.6 Å². The fourth-order valence-corrected chi connectivity index (χ4v) is 3.45. The molecule has 0 saturated heterocycles. The number of benzene rings is 2. The highest BCUT2D eigenvalue weighted by Crippen LogP contribution is 2.21. The third-order valence-electron chi connectivity index (χ3n) is 4.95. The van der Waals surface area contributed by atoms with Gasteiger partial charge in [-0.1, -0.05) is 30.3 Å². The number of nitrogens with one attached hydrogen (secondary N) is 2. The summed E-state index contributed by atoms with van der Waals surface area (Å²) < 4.78 is 1.50. The fourth-order valence-electron chi connectivity index (χ4n) is 3.45. The van der Waals surface area contributed by atoms with Gasteiger partial charge >= 0.3 is 6.03 Å². The normalized spacial score (nSPS) is 13.3. The number of nitrogens with zero attached hydrogens (tertiary/aromatic N) is 3. The first-order chi connectivity index (χ1) is 13.1. The van der Waals surface area contributed by atoms with Crippen LogP contribution >= 0.6 is 0 Å². The molecule has 27 heavy (non-hydrogen) atoms. The van der Waals surface area contributed by atoms with Crippen molar-refractivity contribution in [2.75, 3.05) is 24.2 Å². The molecular weight excluding hydrogens is 342 g/mol. The molecule has 0 aliphatic carbocycles. The quantitative estimate of drug-likeness (QED) is 0.733. The number of amides is 2. The van der Waals surface area contributed by atoms with Crippen LogP contribution < -0.4 is 16.2 Å². The van der Waals surface area contributed by atoms with Gasteiger partial charge in [-0.2, -0.15) is 0 Å². The third-order valence-corrected chi connectivity index (χ3v) is 4.95. The lowest BCUT2D eigenvalue weighted by atomic mass is 10.1. The fraction of sp³-hybridized carbons (Fsp3) is 0.250. The van der Waals surface area contributed by atoms with Crippen molar-refractivity contribution in [2.45, 2.75) is 13.0 Å². The molecule has 1 aliphatic rings. The predicted octanol–water partition coefficient (Wildman–Crippen LogP) is 2.57. The molecule has 0 saturated carbocycles. The minimum atomic E-state index is -0.190. The molecule has 2 N–H and O–H groups in total. The summed E-state index contributed by atoms with van der Waals surface area (Å²) in [6.45, 7) is 0.807. The Morgan fingerprint density at radius 3 is 2.70 bits per heavy atom. The van der Waals surface area contributed by atoms with Crippen LogP contribution in [0.15, 0.2) is 47.3 Å². The van der Waals surface area contributed by atoms with Crippen LogP contribution in [0.2, 0.25) is 0 Å². The minimum Gasteiger partial charge on any atom is -0.359 e. The van der Waals surface area contributed by atoms with Gasteiger partial charge in [-0.15, -0.1) is 0 Å². The molecule has 0 radical (unpaired) electrons. The summed E-state index contributed by atoms with van der Waals surface area (Å²) in [5.74, 6) is 0.496. The molecule has 0 atom stereocenters. The van der Waals surface area contributed by atoms with Crippen LogP contribution in [0.4, 0.5) is 16.4 Å². The Kier molecular flexibility index (Phi) is 4.27. The van der Waals surface area contributed by atoms with E-state index in [-0.39, 0.29) is 11.6 Å². The number of fused-ring (bicyclic) bond motifs is 2. The summed E-state index contributed by atoms with van der Waals surface area (Å²) >= 11 is 0. The van der Waals surface area contributed by atoms with Crippen LogP contribution in [-0.2, 0) is 20.0 Å². The molecule has 2 heterocycles. The molecule has 3 aromatic rings. The second-order valence-corrected chi connectivity index (χ2v) is 6.64. The number of carbonyl (C=O) groups is 1. The van der Waals surface area contributed by atoms with E-state index in [1.807, 2.05) is 42.5 Å². The van der Waals surface area contributed by atoms with Crippen LogP contribution in [0.5, 0.6) is 0 Å². The van der Waals surface area contributed by atoms with E-state index in [0.717, 1.165) is 16.5 Å². The van der Waals surface area contributed by atoms with Crippen LogP contribution in [0, 0.1) is 0 Å². The highest BCUT2D eigenvalue weighted by atomic mass is 16.2. The number of carbonyl (C=O) groups excluding carboxylic acids is 1. The van der Waals surface area contributed by atoms with Crippen molar-refractivity contribution >= 4 is 28.4 Å². The molecule has 138 valence electrons. The Bertz CT molecular complexity index is 1090. The number of hydrogen-bond acceptors (Lipinski definition) is 4. The van der Waals surface area contributed by atoms with Crippen LogP contribution in [0.1, 0.15) is 11.3 Å². The van der Waals surface area contributed by atoms with Gasteiger partial charge in [0.25, 0.3) is 5.56 Å². The van der Waals surface area contributed by atoms with Gasteiger partial charge in [-0.25, -0.2) is 9.78 Å². The lowest BCUT2D eigenvalue weighted by molar-refractivity contribution is 0.205. The average Bonchev–Trinajstić information content (AvgIpc) is 2.70. The highest BCUT2D eigenvalue weighted by Gasteiger charge is 2.25. The van der Waals surface area contributed by atoms with Crippen molar-refractivity contribution in [1.29, 1.82) is 0 Å². The monoisotopic (exact) mass is 363 g/mol. The largest absolute Gasteiger partial charge is 0.359 e. The molecule has 1 aromatic heterocycles. The Labute approximate surface area is 156 Å². The minimum absolute atomic E-state index is 0.0565. The van der Waals surface area contributed by atoms with E-state index in [1.165, 1.54) is 4.57 Å². The Hall–Kier alpha value is -3.35. The van der Waals surface area contributed by atoms with Crippen molar-refractivity contribution < 1.29 is 4.79 Å². The Morgan fingerprint density at radius 2 is 1.93 bits per heavy atom. The summed E-state index contributed by atoms with van der Waals surface area (Å²) in [5.41, 5.74) is 2.03. The van der Waals surface area contributed by atoms with Crippen molar-refractivity contribution in [3.05, 3.63) is 64.1 Å². The van der Waals surface area contributed by atoms with Crippen molar-refractivity contribution in [1.82, 2.24) is 14.5 Å². The SMILES string of the molecule is CNc1nc2c(c(=O)n1C)CCN(C(=O)Nc1ccc3ccccc3c1)C2. The average molecular weight is 363 g/mol. The van der Waals surface area contributed by atoms with Crippen LogP contribution in [0.25, 0.3) is 10.8 Å². The molecular formula is C20H21N5O2. The van der Waals surface area contributed by atoms with Crippen molar-refractivity contribution in [2.24, 2.45) is 7.05 Å². The maximum atomic E-state index is 12.7. The molecule has 7 nitrogen and oxygen atoms in total. The molecule has 0 spiro atoms. The lowest BCUT2D eigenvalue weighted by Gasteiger charge is -2.28. The third kappa shape index (κ3) is 3.12. The van der Waals surface area contributed by atoms with E-state index in [1.54, 1.807) is 19.0 Å². The first kappa shape index (κ1) is 17.1. The summed E-state index contributed by atoms with van der Waals surface area (Å²) in [7, 11) is 3.42. The van der Waals surface area contributed by atoms with Gasteiger partial charge in [0.1, 0.15) is 0 Å². The number of urea groups is 1. The summed E-state index contributed by atoms with van der Waals surface area (Å²) in [6, 6.07) is 13.7. The number of rotatable bonds is 2. The van der Waals surface area contributed by atoms with E-state index >= 15 is 0 Å². The standard InChI is InChI=1S/C20H21N5O2/c1-21-19-23-17-12-25(10-9-16(17)18(26)24(19)2)20(27)22-15-8-7-13-5-3-4-6-14(13)11-15/h3-8,11H,9-10,12H2,1-2H3,(H,21,23)(H,22,27). The zero-order valence-corrected chi connectivity index (χ0v) is 15.3. The zero-order chi connectivity index (χ0) is 19.0. The highest BCUT2D eigenvalue weighted by molar-refractivity contribution is 5.93. The predicted molar refractivity (Wildman–Crippen MR) is 106 cm³/mol. The summed E-state index contributed by atoms with van der Waals surface area (Å²) in [6.07, 6.45) is 0.504. The van der Waals surface area contributed by atoms with Gasteiger partial charge in [-0.05, 0) is 29.3 Å². The number of hydrogen-bond donors (Lipinski definition) is 2. The van der Waals surface area contributed by atoms with Crippen molar-refractivity contribution in [3.8, 4) is 0 Å². The first-order valence-electron chi connectivity index (χ1n) is 8.88. The molecule has 0 fully saturated rings. The maximum Gasteiger partial charge on any atom is 0.322 e. The molecule has 0 unspecified atom stereocenters. The van der Waals surface area contributed by atoms with Crippen LogP contribution in [0.3, 0.4) is 0 Å². The molecule has 1 aliphatic heterocycles. The van der Waals surface area contributed by atoms with E-state index in [0.29, 0.717) is 36.7 Å². The second kappa shape index (κ2) is 6.75. The van der Waals surface area contributed by atoms with E-state index in [9.17, 15) is 9.59 Å². The maximum absolute atomic E-state index is 12.7. The van der Waals surface area contributed by atoms with Gasteiger partial charge < -0.3 is 15.5 Å². The Morgan fingerprint density at radius 1 is 1.15 bits per heavy atom. The van der Waals surface area contributed by atoms with Gasteiger partial charge in [0.15, 0.2) is 0 Å². The van der Waals surface area contributed by atoms with Gasteiger partial charge in [0, 0.05) is 31.9 Å². The summed E-state index contributed by atoms with van der Waals surface area (Å²) in [4.78, 5) is 31.3. The molecule has 4 rings (SSSR count). The molecule has 7 heteroatoms.